The molecule has 0 bridgehead atoms. The zero-order valence-corrected chi connectivity index (χ0v) is 11.8. The van der Waals surface area contributed by atoms with E-state index in [0.717, 1.165) is 6.20 Å². The van der Waals surface area contributed by atoms with Gasteiger partial charge in [0.1, 0.15) is 17.8 Å². The summed E-state index contributed by atoms with van der Waals surface area (Å²) in [5, 5.41) is 24.5. The van der Waals surface area contributed by atoms with Gasteiger partial charge in [-0.25, -0.2) is 4.98 Å². The van der Waals surface area contributed by atoms with E-state index in [4.69, 9.17) is 23.2 Å². The van der Waals surface area contributed by atoms with Gasteiger partial charge in [0.05, 0.1) is 16.2 Å². The fourth-order valence-electron chi connectivity index (χ4n) is 1.41. The molecule has 0 fully saturated rings. The number of nitrogens with one attached hydrogen (secondary N) is 1. The number of hydrogen-bond donors (Lipinski definition) is 2. The molecule has 0 unspecified atom stereocenters. The molecule has 0 saturated heterocycles. The molecule has 0 spiro atoms. The van der Waals surface area contributed by atoms with Crippen LogP contribution in [0.15, 0.2) is 35.6 Å². The average molecular weight is 327 g/mol. The number of rotatable bonds is 4. The Hall–Kier alpha value is -2.38. The predicted octanol–water partition coefficient (Wildman–Crippen LogP) is 3.45. The van der Waals surface area contributed by atoms with Crippen molar-refractivity contribution >= 4 is 40.9 Å². The fraction of sp³-hybridized carbons (Fsp3) is 0. The van der Waals surface area contributed by atoms with Crippen molar-refractivity contribution in [2.45, 2.75) is 0 Å². The van der Waals surface area contributed by atoms with Crippen LogP contribution in [-0.4, -0.2) is 21.2 Å². The number of hydrazone groups is 1. The largest absolute Gasteiger partial charge is 0.506 e. The summed E-state index contributed by atoms with van der Waals surface area (Å²) in [5.74, 6) is 0.160. The Morgan fingerprint density at radius 3 is 2.76 bits per heavy atom. The number of phenolic OH excluding ortho intramolecular Hbond substituents is 1. The second kappa shape index (κ2) is 6.38. The summed E-state index contributed by atoms with van der Waals surface area (Å²) in [5.41, 5.74) is 2.76. The van der Waals surface area contributed by atoms with Gasteiger partial charge in [-0.2, -0.15) is 5.10 Å². The van der Waals surface area contributed by atoms with Crippen LogP contribution in [0.4, 0.5) is 11.5 Å². The van der Waals surface area contributed by atoms with E-state index in [9.17, 15) is 15.2 Å². The molecule has 0 aliphatic rings. The molecule has 2 aromatic rings. The summed E-state index contributed by atoms with van der Waals surface area (Å²) in [6.45, 7) is 0. The lowest BCUT2D eigenvalue weighted by Gasteiger charge is -2.02. The molecule has 0 aliphatic carbocycles. The molecule has 0 atom stereocenters. The van der Waals surface area contributed by atoms with E-state index in [0.29, 0.717) is 16.4 Å². The molecule has 1 aromatic heterocycles. The van der Waals surface area contributed by atoms with E-state index in [1.807, 2.05) is 0 Å². The molecule has 2 N–H and O–H groups in total. The smallest absolute Gasteiger partial charge is 0.287 e. The number of nitro groups is 1. The summed E-state index contributed by atoms with van der Waals surface area (Å²) < 4.78 is 0. The van der Waals surface area contributed by atoms with Crippen molar-refractivity contribution in [3.63, 3.8) is 0 Å². The van der Waals surface area contributed by atoms with E-state index < -0.39 is 4.92 Å². The van der Waals surface area contributed by atoms with E-state index in [1.165, 1.54) is 30.5 Å². The van der Waals surface area contributed by atoms with Gasteiger partial charge in [-0.05, 0) is 18.2 Å². The van der Waals surface area contributed by atoms with Crippen LogP contribution >= 0.6 is 23.2 Å². The van der Waals surface area contributed by atoms with Gasteiger partial charge < -0.3 is 5.11 Å². The number of benzene rings is 1. The highest BCUT2D eigenvalue weighted by atomic mass is 35.5. The molecule has 1 heterocycles. The lowest BCUT2D eigenvalue weighted by molar-refractivity contribution is -0.385. The van der Waals surface area contributed by atoms with Crippen molar-refractivity contribution in [3.05, 3.63) is 56.2 Å². The topological polar surface area (TPSA) is 101 Å². The van der Waals surface area contributed by atoms with Crippen molar-refractivity contribution in [1.29, 1.82) is 0 Å². The van der Waals surface area contributed by atoms with Gasteiger partial charge in [0.2, 0.25) is 0 Å². The first-order chi connectivity index (χ1) is 9.97. The number of nitrogens with zero attached hydrogens (tertiary/aromatic N) is 3. The van der Waals surface area contributed by atoms with Gasteiger partial charge >= 0.3 is 0 Å². The number of pyridine rings is 1. The van der Waals surface area contributed by atoms with Crippen molar-refractivity contribution in [3.8, 4) is 5.75 Å². The standard InChI is InChI=1S/C12H8Cl2N4O3/c13-8-3-7(12(19)10(14)4-8)5-16-17-11-2-1-9(6-15-11)18(20)21/h1-6,19H,(H,15,17)/b16-5-. The third-order valence-electron chi connectivity index (χ3n) is 2.40. The van der Waals surface area contributed by atoms with Crippen LogP contribution in [0.5, 0.6) is 5.75 Å². The monoisotopic (exact) mass is 326 g/mol. The van der Waals surface area contributed by atoms with E-state index in [-0.39, 0.29) is 16.5 Å². The summed E-state index contributed by atoms with van der Waals surface area (Å²) >= 11 is 11.6. The van der Waals surface area contributed by atoms with Crippen molar-refractivity contribution in [2.24, 2.45) is 5.10 Å². The summed E-state index contributed by atoms with van der Waals surface area (Å²) in [7, 11) is 0. The minimum Gasteiger partial charge on any atom is -0.506 e. The number of aromatic nitrogens is 1. The molecular formula is C12H8Cl2N4O3. The third kappa shape index (κ3) is 3.80. The van der Waals surface area contributed by atoms with Gasteiger partial charge in [-0.1, -0.05) is 23.2 Å². The number of anilines is 1. The normalized spacial score (nSPS) is 10.8. The molecule has 2 rings (SSSR count). The highest BCUT2D eigenvalue weighted by Crippen LogP contribution is 2.29. The highest BCUT2D eigenvalue weighted by Gasteiger charge is 2.06. The summed E-state index contributed by atoms with van der Waals surface area (Å²) in [6.07, 6.45) is 2.40. The Morgan fingerprint density at radius 2 is 2.14 bits per heavy atom. The van der Waals surface area contributed by atoms with Crippen LogP contribution in [0.1, 0.15) is 5.56 Å². The van der Waals surface area contributed by atoms with Crippen LogP contribution < -0.4 is 5.43 Å². The molecular weight excluding hydrogens is 319 g/mol. The number of hydrogen-bond acceptors (Lipinski definition) is 6. The molecule has 9 heteroatoms. The zero-order valence-electron chi connectivity index (χ0n) is 10.3. The quantitative estimate of drug-likeness (QED) is 0.509. The molecule has 0 saturated carbocycles. The van der Waals surface area contributed by atoms with Crippen LogP contribution in [0, 0.1) is 10.1 Å². The second-order valence-corrected chi connectivity index (χ2v) is 4.70. The van der Waals surface area contributed by atoms with Crippen LogP contribution in [0.3, 0.4) is 0 Å². The van der Waals surface area contributed by atoms with Crippen molar-refractivity contribution in [1.82, 2.24) is 4.98 Å². The maximum Gasteiger partial charge on any atom is 0.287 e. The van der Waals surface area contributed by atoms with E-state index >= 15 is 0 Å². The fourth-order valence-corrected chi connectivity index (χ4v) is 1.92. The molecule has 21 heavy (non-hydrogen) atoms. The molecule has 0 aliphatic heterocycles. The number of halogens is 2. The van der Waals surface area contributed by atoms with Gasteiger partial charge in [0.25, 0.3) is 5.69 Å². The van der Waals surface area contributed by atoms with Crippen molar-refractivity contribution < 1.29 is 10.0 Å². The van der Waals surface area contributed by atoms with E-state index in [1.54, 1.807) is 0 Å². The number of phenols is 1. The van der Waals surface area contributed by atoms with Gasteiger partial charge in [-0.3, -0.25) is 15.5 Å². The molecule has 0 amide bonds. The van der Waals surface area contributed by atoms with Gasteiger partial charge in [0.15, 0.2) is 0 Å². The predicted molar refractivity (Wildman–Crippen MR) is 80.2 cm³/mol. The number of aromatic hydroxyl groups is 1. The Balaban J connectivity index is 2.10. The summed E-state index contributed by atoms with van der Waals surface area (Å²) in [6, 6.07) is 5.58. The molecule has 0 radical (unpaired) electrons. The second-order valence-electron chi connectivity index (χ2n) is 3.85. The van der Waals surface area contributed by atoms with Crippen LogP contribution in [0.2, 0.25) is 10.0 Å². The highest BCUT2D eigenvalue weighted by molar-refractivity contribution is 6.36. The Labute approximate surface area is 129 Å². The molecule has 7 nitrogen and oxygen atoms in total. The minimum absolute atomic E-state index is 0.109. The van der Waals surface area contributed by atoms with Gasteiger partial charge in [0, 0.05) is 16.7 Å². The maximum absolute atomic E-state index is 10.5. The molecule has 108 valence electrons. The average Bonchev–Trinajstić information content (AvgIpc) is 2.44. The van der Waals surface area contributed by atoms with Gasteiger partial charge in [-0.15, -0.1) is 0 Å². The minimum atomic E-state index is -0.550. The lowest BCUT2D eigenvalue weighted by atomic mass is 10.2. The Bertz CT molecular complexity index is 704. The van der Waals surface area contributed by atoms with E-state index in [2.05, 4.69) is 15.5 Å². The Kier molecular flexibility index (Phi) is 4.56. The zero-order chi connectivity index (χ0) is 15.4. The Morgan fingerprint density at radius 1 is 1.38 bits per heavy atom. The van der Waals surface area contributed by atoms with Crippen molar-refractivity contribution in [2.75, 3.05) is 5.43 Å². The lowest BCUT2D eigenvalue weighted by Crippen LogP contribution is -1.95. The molecule has 1 aromatic carbocycles. The van der Waals surface area contributed by atoms with Crippen LogP contribution in [-0.2, 0) is 0 Å². The first-order valence-corrected chi connectivity index (χ1v) is 6.30. The SMILES string of the molecule is O=[N+]([O-])c1ccc(N/N=C\c2cc(Cl)cc(Cl)c2O)nc1. The first-order valence-electron chi connectivity index (χ1n) is 5.55. The van der Waals surface area contributed by atoms with Crippen LogP contribution in [0.25, 0.3) is 0 Å². The third-order valence-corrected chi connectivity index (χ3v) is 2.91. The summed E-state index contributed by atoms with van der Waals surface area (Å²) in [4.78, 5) is 13.7. The first kappa shape index (κ1) is 15.0. The maximum atomic E-state index is 10.5.